The van der Waals surface area contributed by atoms with Gasteiger partial charge in [-0.25, -0.2) is 9.18 Å². The van der Waals surface area contributed by atoms with Crippen molar-refractivity contribution in [2.24, 2.45) is 0 Å². The second-order valence-electron chi connectivity index (χ2n) is 8.08. The van der Waals surface area contributed by atoms with E-state index in [-0.39, 0.29) is 13.1 Å². The van der Waals surface area contributed by atoms with E-state index in [9.17, 15) is 18.8 Å². The molecule has 0 unspecified atom stereocenters. The first-order chi connectivity index (χ1) is 16.3. The molecule has 0 radical (unpaired) electrons. The average molecular weight is 458 g/mol. The molecule has 1 aromatic heterocycles. The van der Waals surface area contributed by atoms with Crippen LogP contribution in [0.25, 0.3) is 5.69 Å². The maximum Gasteiger partial charge on any atom is 0.352 e. The first-order valence-electron chi connectivity index (χ1n) is 10.7. The molecule has 3 aromatic carbocycles. The highest BCUT2D eigenvalue weighted by Crippen LogP contribution is 2.11. The van der Waals surface area contributed by atoms with Crippen LogP contribution < -0.4 is 16.6 Å². The van der Waals surface area contributed by atoms with Crippen LogP contribution in [0, 0.1) is 19.7 Å². The van der Waals surface area contributed by atoms with E-state index in [0.717, 1.165) is 25.9 Å². The van der Waals surface area contributed by atoms with Crippen molar-refractivity contribution in [1.82, 2.24) is 19.7 Å². The molecule has 1 heterocycles. The first kappa shape index (κ1) is 22.8. The minimum absolute atomic E-state index is 0.188. The van der Waals surface area contributed by atoms with E-state index < -0.39 is 28.7 Å². The number of hydrogen-bond donors (Lipinski definition) is 1. The third-order valence-corrected chi connectivity index (χ3v) is 5.25. The Morgan fingerprint density at radius 3 is 2.26 bits per heavy atom. The first-order valence-corrected chi connectivity index (χ1v) is 10.7. The summed E-state index contributed by atoms with van der Waals surface area (Å²) in [5.74, 6) is -1.20. The molecule has 4 aromatic rings. The zero-order valence-corrected chi connectivity index (χ0v) is 18.8. The minimum Gasteiger partial charge on any atom is -0.346 e. The van der Waals surface area contributed by atoms with Crippen molar-refractivity contribution in [1.29, 1.82) is 0 Å². The molecule has 172 valence electrons. The van der Waals surface area contributed by atoms with Gasteiger partial charge in [0.15, 0.2) is 0 Å². The number of halogens is 1. The maximum atomic E-state index is 13.7. The van der Waals surface area contributed by atoms with Crippen molar-refractivity contribution in [2.45, 2.75) is 26.9 Å². The van der Waals surface area contributed by atoms with Crippen molar-refractivity contribution in [3.05, 3.63) is 127 Å². The molecular formula is C26H23FN4O3. The van der Waals surface area contributed by atoms with E-state index in [2.05, 4.69) is 10.4 Å². The molecule has 0 fully saturated rings. The number of nitrogens with zero attached hydrogens (tertiary/aromatic N) is 3. The molecule has 8 heteroatoms. The lowest BCUT2D eigenvalue weighted by Crippen LogP contribution is -2.46. The van der Waals surface area contributed by atoms with E-state index in [0.29, 0.717) is 11.3 Å². The lowest BCUT2D eigenvalue weighted by molar-refractivity contribution is 0.0941. The Hall–Kier alpha value is -4.33. The number of amides is 1. The number of carbonyl (C=O) groups excluding carboxylic acids is 1. The largest absolute Gasteiger partial charge is 0.352 e. The van der Waals surface area contributed by atoms with Crippen LogP contribution in [-0.4, -0.2) is 20.3 Å². The predicted molar refractivity (Wildman–Crippen MR) is 127 cm³/mol. The van der Waals surface area contributed by atoms with Gasteiger partial charge < -0.3 is 5.32 Å². The Morgan fingerprint density at radius 1 is 0.912 bits per heavy atom. The van der Waals surface area contributed by atoms with Crippen LogP contribution in [0.4, 0.5) is 4.39 Å². The van der Waals surface area contributed by atoms with E-state index in [1.807, 2.05) is 50.2 Å². The number of hydrogen-bond acceptors (Lipinski definition) is 4. The van der Waals surface area contributed by atoms with Gasteiger partial charge in [0.25, 0.3) is 11.5 Å². The quantitative estimate of drug-likeness (QED) is 0.481. The van der Waals surface area contributed by atoms with E-state index in [1.54, 1.807) is 18.2 Å². The fourth-order valence-electron chi connectivity index (χ4n) is 3.72. The van der Waals surface area contributed by atoms with Gasteiger partial charge in [-0.3, -0.25) is 14.2 Å². The summed E-state index contributed by atoms with van der Waals surface area (Å²) in [4.78, 5) is 39.4. The summed E-state index contributed by atoms with van der Waals surface area (Å²) in [6, 6.07) is 20.2. The summed E-state index contributed by atoms with van der Waals surface area (Å²) in [5, 5.41) is 6.83. The van der Waals surface area contributed by atoms with Crippen molar-refractivity contribution in [2.75, 3.05) is 0 Å². The van der Waals surface area contributed by atoms with Crippen LogP contribution in [0.1, 0.15) is 32.7 Å². The molecule has 0 saturated heterocycles. The maximum absolute atomic E-state index is 13.7. The standard InChI is InChI=1S/C26H23FN4O3/c1-17-11-18(2)13-22(12-17)31-26(34)30(16-20-9-6-10-21(27)14-20)25(33)23(29-31)24(32)28-15-19-7-4-3-5-8-19/h3-14H,15-16H2,1-2H3,(H,28,32). The average Bonchev–Trinajstić information content (AvgIpc) is 2.80. The van der Waals surface area contributed by atoms with Gasteiger partial charge in [-0.05, 0) is 60.4 Å². The Kier molecular flexibility index (Phi) is 6.49. The van der Waals surface area contributed by atoms with Crippen LogP contribution in [-0.2, 0) is 13.1 Å². The van der Waals surface area contributed by atoms with Gasteiger partial charge in [0.05, 0.1) is 12.2 Å². The molecule has 0 saturated carbocycles. The topological polar surface area (TPSA) is 86.0 Å². The van der Waals surface area contributed by atoms with Gasteiger partial charge in [-0.15, -0.1) is 0 Å². The molecule has 0 atom stereocenters. The van der Waals surface area contributed by atoms with Crippen molar-refractivity contribution < 1.29 is 9.18 Å². The van der Waals surface area contributed by atoms with Crippen molar-refractivity contribution in [3.63, 3.8) is 0 Å². The molecule has 0 aliphatic rings. The third-order valence-electron chi connectivity index (χ3n) is 5.25. The molecule has 7 nitrogen and oxygen atoms in total. The molecule has 1 amide bonds. The van der Waals surface area contributed by atoms with Crippen LogP contribution in [0.3, 0.4) is 0 Å². The normalized spacial score (nSPS) is 10.8. The van der Waals surface area contributed by atoms with Gasteiger partial charge in [0.2, 0.25) is 5.69 Å². The van der Waals surface area contributed by atoms with Gasteiger partial charge in [0, 0.05) is 6.54 Å². The second-order valence-corrected chi connectivity index (χ2v) is 8.08. The summed E-state index contributed by atoms with van der Waals surface area (Å²) in [6.07, 6.45) is 0. The Labute approximate surface area is 195 Å². The van der Waals surface area contributed by atoms with Crippen molar-refractivity contribution in [3.8, 4) is 5.69 Å². The molecule has 34 heavy (non-hydrogen) atoms. The summed E-state index contributed by atoms with van der Waals surface area (Å²) in [7, 11) is 0. The van der Waals surface area contributed by atoms with E-state index in [4.69, 9.17) is 0 Å². The zero-order valence-electron chi connectivity index (χ0n) is 18.8. The SMILES string of the molecule is Cc1cc(C)cc(-n2nc(C(=O)NCc3ccccc3)c(=O)n(Cc3cccc(F)c3)c2=O)c1. The van der Waals surface area contributed by atoms with Crippen LogP contribution >= 0.6 is 0 Å². The highest BCUT2D eigenvalue weighted by Gasteiger charge is 2.21. The molecule has 0 bridgehead atoms. The smallest absolute Gasteiger partial charge is 0.346 e. The molecule has 1 N–H and O–H groups in total. The number of benzene rings is 3. The number of rotatable bonds is 6. The monoisotopic (exact) mass is 458 g/mol. The van der Waals surface area contributed by atoms with Gasteiger partial charge >= 0.3 is 5.69 Å². The fraction of sp³-hybridized carbons (Fsp3) is 0.154. The van der Waals surface area contributed by atoms with E-state index in [1.165, 1.54) is 18.2 Å². The number of carbonyl (C=O) groups is 1. The van der Waals surface area contributed by atoms with E-state index >= 15 is 0 Å². The number of aryl methyl sites for hydroxylation is 2. The summed E-state index contributed by atoms with van der Waals surface area (Å²) < 4.78 is 15.7. The summed E-state index contributed by atoms with van der Waals surface area (Å²) in [5.41, 5.74) is 1.47. The lowest BCUT2D eigenvalue weighted by Gasteiger charge is -2.13. The third kappa shape index (κ3) is 5.01. The highest BCUT2D eigenvalue weighted by atomic mass is 19.1. The number of nitrogens with one attached hydrogen (secondary N) is 1. The van der Waals surface area contributed by atoms with Crippen LogP contribution in [0.2, 0.25) is 0 Å². The molecular weight excluding hydrogens is 435 g/mol. The second kappa shape index (κ2) is 9.66. The molecule has 0 aliphatic heterocycles. The van der Waals surface area contributed by atoms with Crippen LogP contribution in [0.15, 0.2) is 82.4 Å². The summed E-state index contributed by atoms with van der Waals surface area (Å²) in [6.45, 7) is 3.73. The Balaban J connectivity index is 1.82. The van der Waals surface area contributed by atoms with Crippen LogP contribution in [0.5, 0.6) is 0 Å². The zero-order chi connectivity index (χ0) is 24.2. The molecule has 4 rings (SSSR count). The Bertz CT molecular complexity index is 1460. The highest BCUT2D eigenvalue weighted by molar-refractivity contribution is 5.91. The minimum atomic E-state index is -0.847. The van der Waals surface area contributed by atoms with Crippen molar-refractivity contribution >= 4 is 5.91 Å². The number of aromatic nitrogens is 3. The van der Waals surface area contributed by atoms with Gasteiger partial charge in [-0.2, -0.15) is 9.78 Å². The molecule has 0 spiro atoms. The van der Waals surface area contributed by atoms with Gasteiger partial charge in [0.1, 0.15) is 5.82 Å². The molecule has 0 aliphatic carbocycles. The fourth-order valence-corrected chi connectivity index (χ4v) is 3.72. The van der Waals surface area contributed by atoms with Gasteiger partial charge in [-0.1, -0.05) is 48.5 Å². The predicted octanol–water partition coefficient (Wildman–Crippen LogP) is 3.13. The summed E-state index contributed by atoms with van der Waals surface area (Å²) >= 11 is 0. The lowest BCUT2D eigenvalue weighted by atomic mass is 10.1. The Morgan fingerprint density at radius 2 is 1.59 bits per heavy atom.